The highest BCUT2D eigenvalue weighted by atomic mass is 19.1. The molecule has 25 heavy (non-hydrogen) atoms. The van der Waals surface area contributed by atoms with Crippen LogP contribution in [0.25, 0.3) is 5.82 Å². The first-order chi connectivity index (χ1) is 12.1. The number of aromatic nitrogens is 3. The minimum absolute atomic E-state index is 0.0557. The van der Waals surface area contributed by atoms with Crippen LogP contribution in [0.1, 0.15) is 27.3 Å². The van der Waals surface area contributed by atoms with E-state index in [4.69, 9.17) is 0 Å². The van der Waals surface area contributed by atoms with E-state index in [2.05, 4.69) is 15.4 Å². The summed E-state index contributed by atoms with van der Waals surface area (Å²) in [6.45, 7) is 4.31. The van der Waals surface area contributed by atoms with Gasteiger partial charge in [0, 0.05) is 18.4 Å². The standard InChI is InChI=1S/C19H19FN4O/c1-13-15(14(2)24(23-13)18-9-5-6-11-21-18)10-12-22-19(25)16-7-3-4-8-17(16)20/h3-9,11H,10,12H2,1-2H3,(H,22,25). The van der Waals surface area contributed by atoms with Gasteiger partial charge in [-0.05, 0) is 50.1 Å². The molecule has 6 heteroatoms. The second-order valence-electron chi connectivity index (χ2n) is 5.73. The van der Waals surface area contributed by atoms with Crippen LogP contribution in [-0.2, 0) is 6.42 Å². The average molecular weight is 338 g/mol. The van der Waals surface area contributed by atoms with Crippen molar-refractivity contribution in [3.05, 3.63) is 77.0 Å². The third-order valence-corrected chi connectivity index (χ3v) is 4.09. The van der Waals surface area contributed by atoms with Crippen LogP contribution in [0, 0.1) is 19.7 Å². The lowest BCUT2D eigenvalue weighted by atomic mass is 10.1. The molecular formula is C19H19FN4O. The summed E-state index contributed by atoms with van der Waals surface area (Å²) in [5.74, 6) is -0.175. The Kier molecular flexibility index (Phi) is 4.88. The zero-order chi connectivity index (χ0) is 17.8. The minimum atomic E-state index is -0.518. The Morgan fingerprint density at radius 3 is 2.64 bits per heavy atom. The number of carbonyl (C=O) groups is 1. The fraction of sp³-hybridized carbons (Fsp3) is 0.211. The van der Waals surface area contributed by atoms with E-state index in [0.717, 1.165) is 22.8 Å². The van der Waals surface area contributed by atoms with Crippen LogP contribution in [-0.4, -0.2) is 27.2 Å². The second-order valence-corrected chi connectivity index (χ2v) is 5.73. The SMILES string of the molecule is Cc1nn(-c2ccccn2)c(C)c1CCNC(=O)c1ccccc1F. The van der Waals surface area contributed by atoms with Gasteiger partial charge in [0.05, 0.1) is 11.3 Å². The fourth-order valence-electron chi connectivity index (χ4n) is 2.78. The van der Waals surface area contributed by atoms with Gasteiger partial charge in [0.2, 0.25) is 0 Å². The lowest BCUT2D eigenvalue weighted by Gasteiger charge is -2.07. The van der Waals surface area contributed by atoms with Gasteiger partial charge >= 0.3 is 0 Å². The van der Waals surface area contributed by atoms with Gasteiger partial charge in [-0.1, -0.05) is 18.2 Å². The molecule has 0 bridgehead atoms. The molecule has 0 spiro atoms. The monoisotopic (exact) mass is 338 g/mol. The molecule has 128 valence electrons. The van der Waals surface area contributed by atoms with Crippen LogP contribution >= 0.6 is 0 Å². The van der Waals surface area contributed by atoms with Gasteiger partial charge in [0.25, 0.3) is 5.91 Å². The molecule has 0 radical (unpaired) electrons. The number of nitrogens with zero attached hydrogens (tertiary/aromatic N) is 3. The maximum atomic E-state index is 13.6. The molecule has 0 unspecified atom stereocenters. The molecule has 1 amide bonds. The molecule has 1 N–H and O–H groups in total. The van der Waals surface area contributed by atoms with Crippen LogP contribution in [0.5, 0.6) is 0 Å². The van der Waals surface area contributed by atoms with E-state index in [0.29, 0.717) is 13.0 Å². The number of halogens is 1. The Bertz CT molecular complexity index is 890. The van der Waals surface area contributed by atoms with Gasteiger partial charge in [0.1, 0.15) is 5.82 Å². The molecule has 0 aliphatic carbocycles. The topological polar surface area (TPSA) is 59.8 Å². The Morgan fingerprint density at radius 2 is 1.92 bits per heavy atom. The van der Waals surface area contributed by atoms with Crippen molar-refractivity contribution in [1.82, 2.24) is 20.1 Å². The smallest absolute Gasteiger partial charge is 0.254 e. The molecule has 2 heterocycles. The molecule has 1 aromatic carbocycles. The maximum Gasteiger partial charge on any atom is 0.254 e. The highest BCUT2D eigenvalue weighted by molar-refractivity contribution is 5.94. The van der Waals surface area contributed by atoms with Gasteiger partial charge in [0.15, 0.2) is 5.82 Å². The number of carbonyl (C=O) groups excluding carboxylic acids is 1. The second kappa shape index (κ2) is 7.25. The van der Waals surface area contributed by atoms with Gasteiger partial charge in [-0.25, -0.2) is 14.1 Å². The lowest BCUT2D eigenvalue weighted by molar-refractivity contribution is 0.0950. The average Bonchev–Trinajstić information content (AvgIpc) is 2.91. The van der Waals surface area contributed by atoms with Gasteiger partial charge in [-0.2, -0.15) is 5.10 Å². The van der Waals surface area contributed by atoms with Crippen LogP contribution in [0.4, 0.5) is 4.39 Å². The molecule has 3 rings (SSSR count). The summed E-state index contributed by atoms with van der Waals surface area (Å²) < 4.78 is 15.4. The van der Waals surface area contributed by atoms with E-state index in [1.54, 1.807) is 23.0 Å². The first kappa shape index (κ1) is 16.8. The molecule has 0 aliphatic rings. The Labute approximate surface area is 145 Å². The highest BCUT2D eigenvalue weighted by Crippen LogP contribution is 2.17. The summed E-state index contributed by atoms with van der Waals surface area (Å²) >= 11 is 0. The molecule has 0 saturated carbocycles. The summed E-state index contributed by atoms with van der Waals surface area (Å²) in [6.07, 6.45) is 2.34. The van der Waals surface area contributed by atoms with E-state index in [1.807, 2.05) is 32.0 Å². The number of rotatable bonds is 5. The summed E-state index contributed by atoms with van der Waals surface area (Å²) in [7, 11) is 0. The molecule has 0 atom stereocenters. The first-order valence-electron chi connectivity index (χ1n) is 8.07. The molecule has 2 aromatic heterocycles. The number of benzene rings is 1. The molecule has 5 nitrogen and oxygen atoms in total. The van der Waals surface area contributed by atoms with Gasteiger partial charge in [-0.3, -0.25) is 4.79 Å². The van der Waals surface area contributed by atoms with Crippen molar-refractivity contribution in [3.63, 3.8) is 0 Å². The van der Waals surface area contributed by atoms with Crippen molar-refractivity contribution in [1.29, 1.82) is 0 Å². The van der Waals surface area contributed by atoms with Crippen molar-refractivity contribution in [2.24, 2.45) is 0 Å². The summed E-state index contributed by atoms with van der Waals surface area (Å²) in [4.78, 5) is 16.4. The van der Waals surface area contributed by atoms with Crippen molar-refractivity contribution in [2.45, 2.75) is 20.3 Å². The van der Waals surface area contributed by atoms with Gasteiger partial charge in [-0.15, -0.1) is 0 Å². The number of amides is 1. The predicted octanol–water partition coefficient (Wildman–Crippen LogP) is 3.00. The fourth-order valence-corrected chi connectivity index (χ4v) is 2.78. The molecular weight excluding hydrogens is 319 g/mol. The predicted molar refractivity (Wildman–Crippen MR) is 93.3 cm³/mol. The first-order valence-corrected chi connectivity index (χ1v) is 8.07. The van der Waals surface area contributed by atoms with Crippen LogP contribution in [0.3, 0.4) is 0 Å². The normalized spacial score (nSPS) is 10.7. The third-order valence-electron chi connectivity index (χ3n) is 4.09. The van der Waals surface area contributed by atoms with Crippen molar-refractivity contribution in [3.8, 4) is 5.82 Å². The maximum absolute atomic E-state index is 13.6. The summed E-state index contributed by atoms with van der Waals surface area (Å²) in [5.41, 5.74) is 2.99. The molecule has 0 fully saturated rings. The number of pyridine rings is 1. The number of aryl methyl sites for hydroxylation is 1. The van der Waals surface area contributed by atoms with E-state index in [9.17, 15) is 9.18 Å². The van der Waals surface area contributed by atoms with Crippen LogP contribution in [0.15, 0.2) is 48.7 Å². The third kappa shape index (κ3) is 3.57. The van der Waals surface area contributed by atoms with Crippen molar-refractivity contribution in [2.75, 3.05) is 6.54 Å². The Hall–Kier alpha value is -3.02. The van der Waals surface area contributed by atoms with Crippen molar-refractivity contribution >= 4 is 5.91 Å². The van der Waals surface area contributed by atoms with Crippen LogP contribution < -0.4 is 5.32 Å². The summed E-state index contributed by atoms with van der Waals surface area (Å²) in [6, 6.07) is 11.6. The number of hydrogen-bond donors (Lipinski definition) is 1. The zero-order valence-electron chi connectivity index (χ0n) is 14.2. The van der Waals surface area contributed by atoms with Crippen LogP contribution in [0.2, 0.25) is 0 Å². The largest absolute Gasteiger partial charge is 0.352 e. The molecule has 0 aliphatic heterocycles. The number of hydrogen-bond acceptors (Lipinski definition) is 3. The molecule has 0 saturated heterocycles. The Balaban J connectivity index is 1.69. The minimum Gasteiger partial charge on any atom is -0.352 e. The zero-order valence-corrected chi connectivity index (χ0v) is 14.2. The summed E-state index contributed by atoms with van der Waals surface area (Å²) in [5, 5.41) is 7.29. The van der Waals surface area contributed by atoms with Gasteiger partial charge < -0.3 is 5.32 Å². The van der Waals surface area contributed by atoms with E-state index in [-0.39, 0.29) is 5.56 Å². The van der Waals surface area contributed by atoms with E-state index < -0.39 is 11.7 Å². The highest BCUT2D eigenvalue weighted by Gasteiger charge is 2.14. The quantitative estimate of drug-likeness (QED) is 0.778. The molecule has 3 aromatic rings. The Morgan fingerprint density at radius 1 is 1.16 bits per heavy atom. The van der Waals surface area contributed by atoms with E-state index in [1.165, 1.54) is 12.1 Å². The van der Waals surface area contributed by atoms with Crippen molar-refractivity contribution < 1.29 is 9.18 Å². The van der Waals surface area contributed by atoms with E-state index >= 15 is 0 Å². The number of nitrogens with one attached hydrogen (secondary N) is 1. The lowest BCUT2D eigenvalue weighted by Crippen LogP contribution is -2.26.